The molecule has 0 bridgehead atoms. The summed E-state index contributed by atoms with van der Waals surface area (Å²) >= 11 is 0. The molecule has 0 aliphatic carbocycles. The lowest BCUT2D eigenvalue weighted by Crippen LogP contribution is -2.15. The first-order valence-electron chi connectivity index (χ1n) is 6.51. The van der Waals surface area contributed by atoms with Gasteiger partial charge in [0.1, 0.15) is 11.7 Å². The van der Waals surface area contributed by atoms with E-state index in [0.717, 1.165) is 17.9 Å². The van der Waals surface area contributed by atoms with Gasteiger partial charge in [-0.3, -0.25) is 4.79 Å². The first kappa shape index (κ1) is 14.0. The molecule has 0 spiro atoms. The van der Waals surface area contributed by atoms with E-state index in [1.165, 1.54) is 0 Å². The summed E-state index contributed by atoms with van der Waals surface area (Å²) in [6.45, 7) is 2.76. The quantitative estimate of drug-likeness (QED) is 0.839. The van der Waals surface area contributed by atoms with Gasteiger partial charge < -0.3 is 15.0 Å². The SMILES string of the molecule is CCn1cnc(C(Cc2ccc(NC)nc2)C(=O)O)c1. The molecule has 1 unspecified atom stereocenters. The van der Waals surface area contributed by atoms with Crippen molar-refractivity contribution in [3.05, 3.63) is 42.1 Å². The van der Waals surface area contributed by atoms with Crippen LogP contribution in [0.3, 0.4) is 0 Å². The molecular formula is C14H18N4O2. The van der Waals surface area contributed by atoms with Gasteiger partial charge >= 0.3 is 5.97 Å². The van der Waals surface area contributed by atoms with Crippen molar-refractivity contribution < 1.29 is 9.90 Å². The zero-order valence-corrected chi connectivity index (χ0v) is 11.6. The lowest BCUT2D eigenvalue weighted by atomic mass is 9.98. The van der Waals surface area contributed by atoms with Crippen LogP contribution in [0, 0.1) is 0 Å². The zero-order chi connectivity index (χ0) is 14.5. The third-order valence-electron chi connectivity index (χ3n) is 3.19. The molecule has 1 atom stereocenters. The smallest absolute Gasteiger partial charge is 0.312 e. The van der Waals surface area contributed by atoms with E-state index in [1.54, 1.807) is 25.8 Å². The summed E-state index contributed by atoms with van der Waals surface area (Å²) in [6, 6.07) is 3.71. The largest absolute Gasteiger partial charge is 0.481 e. The molecule has 2 rings (SSSR count). The van der Waals surface area contributed by atoms with Gasteiger partial charge in [0.05, 0.1) is 12.0 Å². The Hall–Kier alpha value is -2.37. The predicted molar refractivity (Wildman–Crippen MR) is 75.8 cm³/mol. The number of carbonyl (C=O) groups is 1. The second kappa shape index (κ2) is 6.18. The highest BCUT2D eigenvalue weighted by atomic mass is 16.4. The Labute approximate surface area is 117 Å². The van der Waals surface area contributed by atoms with Crippen LogP contribution in [0.15, 0.2) is 30.9 Å². The molecule has 6 nitrogen and oxygen atoms in total. The van der Waals surface area contributed by atoms with Gasteiger partial charge in [-0.15, -0.1) is 0 Å². The van der Waals surface area contributed by atoms with Crippen molar-refractivity contribution in [1.29, 1.82) is 0 Å². The average molecular weight is 274 g/mol. The minimum Gasteiger partial charge on any atom is -0.481 e. The number of pyridine rings is 1. The molecule has 0 aliphatic rings. The normalized spacial score (nSPS) is 12.1. The molecule has 2 aromatic rings. The number of imidazole rings is 1. The second-order valence-electron chi connectivity index (χ2n) is 4.53. The third-order valence-corrected chi connectivity index (χ3v) is 3.19. The number of aromatic nitrogens is 3. The Morgan fingerprint density at radius 2 is 2.25 bits per heavy atom. The predicted octanol–water partition coefficient (Wildman–Crippen LogP) is 1.75. The summed E-state index contributed by atoms with van der Waals surface area (Å²) < 4.78 is 1.87. The zero-order valence-electron chi connectivity index (χ0n) is 11.6. The highest BCUT2D eigenvalue weighted by molar-refractivity contribution is 5.75. The van der Waals surface area contributed by atoms with Crippen molar-refractivity contribution in [3.8, 4) is 0 Å². The fraction of sp³-hybridized carbons (Fsp3) is 0.357. The van der Waals surface area contributed by atoms with Crippen molar-refractivity contribution >= 4 is 11.8 Å². The molecule has 2 aromatic heterocycles. The molecule has 0 saturated carbocycles. The van der Waals surface area contributed by atoms with Crippen LogP contribution in [0.4, 0.5) is 5.82 Å². The number of aryl methyl sites for hydroxylation is 1. The highest BCUT2D eigenvalue weighted by Gasteiger charge is 2.22. The van der Waals surface area contributed by atoms with Gasteiger partial charge in [0, 0.05) is 26.0 Å². The van der Waals surface area contributed by atoms with Crippen LogP contribution in [0.1, 0.15) is 24.1 Å². The fourth-order valence-electron chi connectivity index (χ4n) is 1.98. The summed E-state index contributed by atoms with van der Waals surface area (Å²) in [5.74, 6) is -0.759. The van der Waals surface area contributed by atoms with E-state index in [-0.39, 0.29) is 0 Å². The third kappa shape index (κ3) is 3.14. The maximum atomic E-state index is 11.4. The van der Waals surface area contributed by atoms with Gasteiger partial charge in [0.25, 0.3) is 0 Å². The van der Waals surface area contributed by atoms with E-state index < -0.39 is 11.9 Å². The van der Waals surface area contributed by atoms with Gasteiger partial charge in [-0.2, -0.15) is 0 Å². The van der Waals surface area contributed by atoms with Crippen LogP contribution in [0.5, 0.6) is 0 Å². The van der Waals surface area contributed by atoms with Crippen molar-refractivity contribution in [2.45, 2.75) is 25.8 Å². The molecule has 0 aromatic carbocycles. The summed E-state index contributed by atoms with van der Waals surface area (Å²) in [6.07, 6.45) is 5.52. The van der Waals surface area contributed by atoms with Gasteiger partial charge in [-0.1, -0.05) is 6.07 Å². The van der Waals surface area contributed by atoms with Crippen LogP contribution >= 0.6 is 0 Å². The maximum absolute atomic E-state index is 11.4. The summed E-state index contributed by atoms with van der Waals surface area (Å²) in [5.41, 5.74) is 1.46. The van der Waals surface area contributed by atoms with Gasteiger partial charge in [0.15, 0.2) is 0 Å². The van der Waals surface area contributed by atoms with E-state index >= 15 is 0 Å². The van der Waals surface area contributed by atoms with E-state index in [4.69, 9.17) is 0 Å². The molecule has 20 heavy (non-hydrogen) atoms. The van der Waals surface area contributed by atoms with Gasteiger partial charge in [-0.05, 0) is 25.0 Å². The fourth-order valence-corrected chi connectivity index (χ4v) is 1.98. The van der Waals surface area contributed by atoms with Crippen LogP contribution in [-0.2, 0) is 17.8 Å². The summed E-state index contributed by atoms with van der Waals surface area (Å²) in [5, 5.41) is 12.3. The van der Waals surface area contributed by atoms with Crippen molar-refractivity contribution in [2.24, 2.45) is 0 Å². The molecule has 0 saturated heterocycles. The van der Waals surface area contributed by atoms with Crippen LogP contribution in [0.2, 0.25) is 0 Å². The van der Waals surface area contributed by atoms with Crippen LogP contribution in [-0.4, -0.2) is 32.7 Å². The number of aliphatic carboxylic acids is 1. The van der Waals surface area contributed by atoms with Crippen molar-refractivity contribution in [2.75, 3.05) is 12.4 Å². The number of nitrogens with one attached hydrogen (secondary N) is 1. The first-order valence-corrected chi connectivity index (χ1v) is 6.51. The number of carboxylic acid groups (broad SMARTS) is 1. The lowest BCUT2D eigenvalue weighted by Gasteiger charge is -2.10. The summed E-state index contributed by atoms with van der Waals surface area (Å²) in [7, 11) is 1.79. The summed E-state index contributed by atoms with van der Waals surface area (Å²) in [4.78, 5) is 19.8. The number of hydrogen-bond acceptors (Lipinski definition) is 4. The Kier molecular flexibility index (Phi) is 4.34. The minimum atomic E-state index is -0.871. The van der Waals surface area contributed by atoms with E-state index in [2.05, 4.69) is 15.3 Å². The first-order chi connectivity index (χ1) is 9.63. The Balaban J connectivity index is 2.18. The molecule has 6 heteroatoms. The molecule has 0 aliphatic heterocycles. The number of rotatable bonds is 6. The Morgan fingerprint density at radius 1 is 1.45 bits per heavy atom. The number of carboxylic acids is 1. The molecule has 2 N–H and O–H groups in total. The van der Waals surface area contributed by atoms with Gasteiger partial charge in [-0.25, -0.2) is 9.97 Å². The molecular weight excluding hydrogens is 256 g/mol. The van der Waals surface area contributed by atoms with E-state index in [1.807, 2.05) is 23.6 Å². The second-order valence-corrected chi connectivity index (χ2v) is 4.53. The number of anilines is 1. The van der Waals surface area contributed by atoms with Gasteiger partial charge in [0.2, 0.25) is 0 Å². The van der Waals surface area contributed by atoms with Crippen LogP contribution < -0.4 is 5.32 Å². The van der Waals surface area contributed by atoms with Crippen molar-refractivity contribution in [3.63, 3.8) is 0 Å². The molecule has 0 amide bonds. The van der Waals surface area contributed by atoms with Crippen LogP contribution in [0.25, 0.3) is 0 Å². The molecule has 2 heterocycles. The molecule has 0 radical (unpaired) electrons. The Morgan fingerprint density at radius 3 is 2.75 bits per heavy atom. The molecule has 106 valence electrons. The molecule has 0 fully saturated rings. The number of nitrogens with zero attached hydrogens (tertiary/aromatic N) is 3. The average Bonchev–Trinajstić information content (AvgIpc) is 2.93. The van der Waals surface area contributed by atoms with Crippen molar-refractivity contribution in [1.82, 2.24) is 14.5 Å². The minimum absolute atomic E-state index is 0.382. The standard InChI is InChI=1S/C14H18N4O2/c1-3-18-8-12(17-9-18)11(14(19)20)6-10-4-5-13(15-2)16-7-10/h4-5,7-9,11H,3,6H2,1-2H3,(H,15,16)(H,19,20). The van der Waals surface area contributed by atoms with E-state index in [9.17, 15) is 9.90 Å². The number of hydrogen-bond donors (Lipinski definition) is 2. The Bertz CT molecular complexity index is 577. The lowest BCUT2D eigenvalue weighted by molar-refractivity contribution is -0.138. The topological polar surface area (TPSA) is 80.0 Å². The maximum Gasteiger partial charge on any atom is 0.312 e. The monoisotopic (exact) mass is 274 g/mol. The highest BCUT2D eigenvalue weighted by Crippen LogP contribution is 2.20. The van der Waals surface area contributed by atoms with E-state index in [0.29, 0.717) is 12.1 Å².